The third-order valence-corrected chi connectivity index (χ3v) is 2.76. The maximum absolute atomic E-state index is 13.8. The van der Waals surface area contributed by atoms with Gasteiger partial charge in [0, 0.05) is 5.92 Å². The predicted molar refractivity (Wildman–Crippen MR) is 51.9 cm³/mol. The molecule has 1 aliphatic carbocycles. The van der Waals surface area contributed by atoms with E-state index in [-0.39, 0.29) is 12.1 Å². The summed E-state index contributed by atoms with van der Waals surface area (Å²) in [6, 6.07) is 9.42. The van der Waals surface area contributed by atoms with Gasteiger partial charge >= 0.3 is 0 Å². The lowest BCUT2D eigenvalue weighted by molar-refractivity contribution is 0.391. The fourth-order valence-electron chi connectivity index (χ4n) is 2.01. The van der Waals surface area contributed by atoms with Gasteiger partial charge in [-0.1, -0.05) is 43.2 Å². The summed E-state index contributed by atoms with van der Waals surface area (Å²) in [7, 11) is 0. The van der Waals surface area contributed by atoms with Gasteiger partial charge in [0.25, 0.3) is 0 Å². The first kappa shape index (κ1) is 8.74. The lowest BCUT2D eigenvalue weighted by Gasteiger charge is -2.13. The molecular formula is C12H14F. The summed E-state index contributed by atoms with van der Waals surface area (Å²) in [4.78, 5) is 0. The van der Waals surface area contributed by atoms with E-state index in [9.17, 15) is 4.39 Å². The molecule has 69 valence electrons. The second-order valence-electron chi connectivity index (χ2n) is 3.70. The van der Waals surface area contributed by atoms with Crippen LogP contribution in [0.25, 0.3) is 0 Å². The van der Waals surface area contributed by atoms with Gasteiger partial charge in [0.15, 0.2) is 6.17 Å². The summed E-state index contributed by atoms with van der Waals surface area (Å²) >= 11 is 0. The molecule has 0 N–H and O–H groups in total. The van der Waals surface area contributed by atoms with Gasteiger partial charge in [-0.3, -0.25) is 0 Å². The molecule has 0 nitrogen and oxygen atoms in total. The normalized spacial score (nSPS) is 18.3. The highest BCUT2D eigenvalue weighted by molar-refractivity contribution is 5.27. The summed E-state index contributed by atoms with van der Waals surface area (Å²) in [5.41, 5.74) is 0.773. The largest absolute Gasteiger partial charge is 0.234 e. The van der Waals surface area contributed by atoms with Crippen LogP contribution < -0.4 is 0 Å². The number of hydrogen-bond donors (Lipinski definition) is 0. The Bertz CT molecular complexity index is 249. The average Bonchev–Trinajstić information content (AvgIpc) is 2.71. The minimum atomic E-state index is 0.0955. The van der Waals surface area contributed by atoms with Gasteiger partial charge in [0.1, 0.15) is 0 Å². The van der Waals surface area contributed by atoms with Crippen molar-refractivity contribution in [2.24, 2.45) is 5.92 Å². The van der Waals surface area contributed by atoms with E-state index in [4.69, 9.17) is 0 Å². The minimum Gasteiger partial charge on any atom is -0.234 e. The molecule has 0 spiro atoms. The van der Waals surface area contributed by atoms with Crippen molar-refractivity contribution >= 4 is 0 Å². The van der Waals surface area contributed by atoms with Crippen LogP contribution in [0.15, 0.2) is 30.3 Å². The molecule has 1 fully saturated rings. The second kappa shape index (κ2) is 3.91. The number of hydrogen-bond acceptors (Lipinski definition) is 0. The van der Waals surface area contributed by atoms with E-state index in [0.29, 0.717) is 0 Å². The van der Waals surface area contributed by atoms with Crippen LogP contribution in [0.2, 0.25) is 0 Å². The van der Waals surface area contributed by atoms with E-state index in [1.165, 1.54) is 12.8 Å². The highest BCUT2D eigenvalue weighted by atomic mass is 19.1. The van der Waals surface area contributed by atoms with Crippen LogP contribution in [0.3, 0.4) is 0 Å². The first-order valence-electron chi connectivity index (χ1n) is 4.95. The van der Waals surface area contributed by atoms with Gasteiger partial charge in [0.2, 0.25) is 0 Å². The second-order valence-corrected chi connectivity index (χ2v) is 3.70. The van der Waals surface area contributed by atoms with Crippen molar-refractivity contribution in [3.8, 4) is 0 Å². The first-order chi connectivity index (χ1) is 6.38. The molecule has 0 aliphatic heterocycles. The van der Waals surface area contributed by atoms with Gasteiger partial charge in [-0.15, -0.1) is 0 Å². The predicted octanol–water partition coefficient (Wildman–Crippen LogP) is 3.73. The molecule has 0 aromatic heterocycles. The fraction of sp³-hybridized carbons (Fsp3) is 0.417. The summed E-state index contributed by atoms with van der Waals surface area (Å²) < 4.78 is 13.8. The smallest absolute Gasteiger partial charge is 0.177 e. The topological polar surface area (TPSA) is 0 Å². The lowest BCUT2D eigenvalue weighted by Crippen LogP contribution is -2.04. The molecule has 0 bridgehead atoms. The Morgan fingerprint density at radius 3 is 2.31 bits per heavy atom. The molecule has 1 aliphatic rings. The molecule has 1 aromatic carbocycles. The van der Waals surface area contributed by atoms with Crippen molar-refractivity contribution in [1.29, 1.82) is 0 Å². The molecule has 1 saturated carbocycles. The Kier molecular flexibility index (Phi) is 2.62. The molecule has 0 saturated heterocycles. The molecule has 1 heteroatoms. The van der Waals surface area contributed by atoms with Crippen molar-refractivity contribution in [2.75, 3.05) is 0 Å². The van der Waals surface area contributed by atoms with Crippen molar-refractivity contribution in [3.05, 3.63) is 42.1 Å². The maximum atomic E-state index is 13.8. The molecule has 1 aromatic rings. The summed E-state index contributed by atoms with van der Waals surface area (Å²) in [6.45, 7) is 0. The van der Waals surface area contributed by atoms with Gasteiger partial charge < -0.3 is 0 Å². The van der Waals surface area contributed by atoms with Gasteiger partial charge in [-0.2, -0.15) is 0 Å². The van der Waals surface area contributed by atoms with E-state index in [2.05, 4.69) is 0 Å². The first-order valence-corrected chi connectivity index (χ1v) is 4.95. The highest BCUT2D eigenvalue weighted by Crippen LogP contribution is 2.37. The Morgan fingerprint density at radius 2 is 1.69 bits per heavy atom. The quantitative estimate of drug-likeness (QED) is 0.645. The van der Waals surface area contributed by atoms with Crippen molar-refractivity contribution in [3.63, 3.8) is 0 Å². The van der Waals surface area contributed by atoms with E-state index in [1.807, 2.05) is 30.3 Å². The summed E-state index contributed by atoms with van der Waals surface area (Å²) in [5.74, 6) is 0.197. The molecular weight excluding hydrogens is 163 g/mol. The van der Waals surface area contributed by atoms with Gasteiger partial charge in [-0.05, 0) is 18.4 Å². The summed E-state index contributed by atoms with van der Waals surface area (Å²) in [6.07, 6.45) is 4.52. The van der Waals surface area contributed by atoms with Crippen LogP contribution in [0.5, 0.6) is 0 Å². The van der Waals surface area contributed by atoms with Crippen LogP contribution in [-0.2, 0) is 0 Å². The van der Waals surface area contributed by atoms with Crippen LogP contribution in [0.4, 0.5) is 4.39 Å². The Labute approximate surface area is 78.8 Å². The van der Waals surface area contributed by atoms with Gasteiger partial charge in [-0.25, -0.2) is 4.39 Å². The fourth-order valence-corrected chi connectivity index (χ4v) is 2.01. The zero-order valence-electron chi connectivity index (χ0n) is 7.67. The number of halogens is 1. The van der Waals surface area contributed by atoms with E-state index in [0.717, 1.165) is 18.4 Å². The average molecular weight is 177 g/mol. The SMILES string of the molecule is F[C](c1ccccc1)C1CCCC1. The zero-order chi connectivity index (χ0) is 9.10. The van der Waals surface area contributed by atoms with Crippen molar-refractivity contribution in [2.45, 2.75) is 25.7 Å². The van der Waals surface area contributed by atoms with Crippen LogP contribution in [0.1, 0.15) is 31.2 Å². The Balaban J connectivity index is 2.08. The Hall–Kier alpha value is -0.850. The van der Waals surface area contributed by atoms with Crippen molar-refractivity contribution in [1.82, 2.24) is 0 Å². The third-order valence-electron chi connectivity index (χ3n) is 2.76. The molecule has 1 radical (unpaired) electrons. The molecule has 0 heterocycles. The maximum Gasteiger partial charge on any atom is 0.177 e. The lowest BCUT2D eigenvalue weighted by atomic mass is 9.96. The van der Waals surface area contributed by atoms with E-state index >= 15 is 0 Å². The molecule has 0 unspecified atom stereocenters. The van der Waals surface area contributed by atoms with Gasteiger partial charge in [0.05, 0.1) is 0 Å². The molecule has 2 rings (SSSR count). The minimum absolute atomic E-state index is 0.0955. The van der Waals surface area contributed by atoms with E-state index in [1.54, 1.807) is 0 Å². The van der Waals surface area contributed by atoms with Crippen LogP contribution in [-0.4, -0.2) is 0 Å². The monoisotopic (exact) mass is 177 g/mol. The van der Waals surface area contributed by atoms with Crippen LogP contribution >= 0.6 is 0 Å². The van der Waals surface area contributed by atoms with Crippen molar-refractivity contribution < 1.29 is 4.39 Å². The highest BCUT2D eigenvalue weighted by Gasteiger charge is 2.26. The Morgan fingerprint density at radius 1 is 1.08 bits per heavy atom. The summed E-state index contributed by atoms with van der Waals surface area (Å²) in [5, 5.41) is 0. The molecule has 0 amide bonds. The molecule has 0 atom stereocenters. The third kappa shape index (κ3) is 1.90. The molecule has 13 heavy (non-hydrogen) atoms. The zero-order valence-corrected chi connectivity index (χ0v) is 7.67. The van der Waals surface area contributed by atoms with Crippen LogP contribution in [0, 0.1) is 12.1 Å². The standard InChI is InChI=1S/C12H14F/c13-12(11-8-4-5-9-11)10-6-2-1-3-7-10/h1-3,6-7,11H,4-5,8-9H2. The number of benzene rings is 1. The number of rotatable bonds is 2. The van der Waals surface area contributed by atoms with E-state index < -0.39 is 0 Å².